The molecule has 0 spiro atoms. The van der Waals surface area contributed by atoms with E-state index in [1.807, 2.05) is 18.2 Å². The fourth-order valence-electron chi connectivity index (χ4n) is 1.98. The van der Waals surface area contributed by atoms with Gasteiger partial charge in [-0.1, -0.05) is 32.9 Å². The summed E-state index contributed by atoms with van der Waals surface area (Å²) in [5, 5.41) is 1.15. The van der Waals surface area contributed by atoms with Gasteiger partial charge >= 0.3 is 0 Å². The number of fused-ring (bicyclic) bond motifs is 1. The molecule has 0 fully saturated rings. The van der Waals surface area contributed by atoms with Gasteiger partial charge in [0, 0.05) is 17.0 Å². The van der Waals surface area contributed by atoms with Crippen LogP contribution in [0.15, 0.2) is 35.1 Å². The number of nitrogens with one attached hydrogen (secondary N) is 1. The van der Waals surface area contributed by atoms with E-state index in [4.69, 9.17) is 0 Å². The van der Waals surface area contributed by atoms with Gasteiger partial charge in [0.25, 0.3) is 0 Å². The Morgan fingerprint density at radius 2 is 1.88 bits per heavy atom. The first-order valence-corrected chi connectivity index (χ1v) is 5.57. The third-order valence-corrected chi connectivity index (χ3v) is 2.58. The normalized spacial score (nSPS) is 11.9. The first-order chi connectivity index (χ1) is 7.46. The molecule has 0 unspecified atom stereocenters. The first-order valence-electron chi connectivity index (χ1n) is 5.57. The molecule has 2 nitrogen and oxygen atoms in total. The van der Waals surface area contributed by atoms with E-state index in [-0.39, 0.29) is 11.0 Å². The quantitative estimate of drug-likeness (QED) is 0.779. The van der Waals surface area contributed by atoms with Crippen LogP contribution in [-0.2, 0) is 6.42 Å². The Kier molecular flexibility index (Phi) is 2.58. The monoisotopic (exact) mass is 215 g/mol. The van der Waals surface area contributed by atoms with Crippen LogP contribution in [0.3, 0.4) is 0 Å². The molecule has 2 heteroatoms. The molecule has 0 radical (unpaired) electrons. The standard InChI is InChI=1S/C14H17NO/c1-14(2,3)9-10-5-4-6-12-11(10)7-8-13(16)15-12/h4-8H,9H2,1-3H3,(H,15,16). The van der Waals surface area contributed by atoms with Gasteiger partial charge in [0.1, 0.15) is 0 Å². The number of aromatic nitrogens is 1. The molecule has 1 heterocycles. The lowest BCUT2D eigenvalue weighted by molar-refractivity contribution is 0.412. The van der Waals surface area contributed by atoms with Crippen LogP contribution in [-0.4, -0.2) is 4.98 Å². The summed E-state index contributed by atoms with van der Waals surface area (Å²) in [5.74, 6) is 0. The van der Waals surface area contributed by atoms with Crippen LogP contribution in [0.2, 0.25) is 0 Å². The summed E-state index contributed by atoms with van der Waals surface area (Å²) in [4.78, 5) is 14.1. The average molecular weight is 215 g/mol. The van der Waals surface area contributed by atoms with Crippen molar-refractivity contribution in [2.24, 2.45) is 5.41 Å². The highest BCUT2D eigenvalue weighted by atomic mass is 16.1. The van der Waals surface area contributed by atoms with E-state index in [9.17, 15) is 4.79 Å². The summed E-state index contributed by atoms with van der Waals surface area (Å²) in [7, 11) is 0. The predicted molar refractivity (Wildman–Crippen MR) is 67.7 cm³/mol. The van der Waals surface area contributed by atoms with Crippen molar-refractivity contribution in [3.8, 4) is 0 Å². The Bertz CT molecular complexity index is 561. The number of benzene rings is 1. The molecule has 2 aromatic rings. The van der Waals surface area contributed by atoms with E-state index < -0.39 is 0 Å². The second-order valence-corrected chi connectivity index (χ2v) is 5.44. The Balaban J connectivity index is 2.58. The maximum Gasteiger partial charge on any atom is 0.248 e. The van der Waals surface area contributed by atoms with Crippen LogP contribution in [0.4, 0.5) is 0 Å². The summed E-state index contributed by atoms with van der Waals surface area (Å²) in [6, 6.07) is 9.58. The van der Waals surface area contributed by atoms with E-state index in [0.29, 0.717) is 0 Å². The molecule has 0 amide bonds. The minimum Gasteiger partial charge on any atom is -0.322 e. The van der Waals surface area contributed by atoms with E-state index in [1.54, 1.807) is 6.07 Å². The van der Waals surface area contributed by atoms with Gasteiger partial charge in [-0.25, -0.2) is 0 Å². The zero-order valence-corrected chi connectivity index (χ0v) is 10.0. The Morgan fingerprint density at radius 1 is 1.12 bits per heavy atom. The number of hydrogen-bond donors (Lipinski definition) is 1. The molecule has 0 atom stereocenters. The molecular weight excluding hydrogens is 198 g/mol. The van der Waals surface area contributed by atoms with Crippen molar-refractivity contribution >= 4 is 10.9 Å². The third kappa shape index (κ3) is 2.32. The third-order valence-electron chi connectivity index (χ3n) is 2.58. The summed E-state index contributed by atoms with van der Waals surface area (Å²) in [6.45, 7) is 6.66. The Labute approximate surface area is 95.3 Å². The predicted octanol–water partition coefficient (Wildman–Crippen LogP) is 3.12. The van der Waals surface area contributed by atoms with E-state index in [0.717, 1.165) is 17.3 Å². The molecule has 84 valence electrons. The van der Waals surface area contributed by atoms with Crippen LogP contribution < -0.4 is 5.56 Å². The highest BCUT2D eigenvalue weighted by Crippen LogP contribution is 2.25. The van der Waals surface area contributed by atoms with Gasteiger partial charge in [0.05, 0.1) is 0 Å². The van der Waals surface area contributed by atoms with Crippen molar-refractivity contribution in [2.45, 2.75) is 27.2 Å². The molecule has 1 aromatic heterocycles. The Hall–Kier alpha value is -1.57. The highest BCUT2D eigenvalue weighted by molar-refractivity contribution is 5.81. The summed E-state index contributed by atoms with van der Waals surface area (Å²) in [6.07, 6.45) is 1.01. The smallest absolute Gasteiger partial charge is 0.248 e. The molecule has 0 saturated carbocycles. The average Bonchev–Trinajstić information content (AvgIpc) is 2.15. The van der Waals surface area contributed by atoms with Crippen molar-refractivity contribution in [3.63, 3.8) is 0 Å². The molecule has 0 saturated heterocycles. The second-order valence-electron chi connectivity index (χ2n) is 5.44. The van der Waals surface area contributed by atoms with Gasteiger partial charge < -0.3 is 4.98 Å². The van der Waals surface area contributed by atoms with Crippen molar-refractivity contribution in [3.05, 3.63) is 46.2 Å². The minimum atomic E-state index is -0.0413. The fourth-order valence-corrected chi connectivity index (χ4v) is 1.98. The first kappa shape index (κ1) is 10.9. The van der Waals surface area contributed by atoms with Gasteiger partial charge in [-0.2, -0.15) is 0 Å². The highest BCUT2D eigenvalue weighted by Gasteiger charge is 2.13. The van der Waals surface area contributed by atoms with Crippen LogP contribution in [0.1, 0.15) is 26.3 Å². The van der Waals surface area contributed by atoms with Gasteiger partial charge in [0.15, 0.2) is 0 Å². The van der Waals surface area contributed by atoms with Crippen LogP contribution in [0.5, 0.6) is 0 Å². The van der Waals surface area contributed by atoms with Crippen LogP contribution in [0, 0.1) is 5.41 Å². The lowest BCUT2D eigenvalue weighted by Gasteiger charge is -2.19. The van der Waals surface area contributed by atoms with Crippen molar-refractivity contribution in [1.82, 2.24) is 4.98 Å². The molecule has 16 heavy (non-hydrogen) atoms. The van der Waals surface area contributed by atoms with Gasteiger partial charge in [-0.3, -0.25) is 4.79 Å². The summed E-state index contributed by atoms with van der Waals surface area (Å²) < 4.78 is 0. The molecule has 0 aliphatic rings. The largest absolute Gasteiger partial charge is 0.322 e. The number of aromatic amines is 1. The number of rotatable bonds is 1. The number of pyridine rings is 1. The van der Waals surface area contributed by atoms with Gasteiger partial charge in [-0.15, -0.1) is 0 Å². The molecule has 1 N–H and O–H groups in total. The lowest BCUT2D eigenvalue weighted by atomic mass is 9.87. The van der Waals surface area contributed by atoms with E-state index in [2.05, 4.69) is 31.8 Å². The van der Waals surface area contributed by atoms with Crippen molar-refractivity contribution < 1.29 is 0 Å². The topological polar surface area (TPSA) is 32.9 Å². The molecule has 0 bridgehead atoms. The Morgan fingerprint density at radius 3 is 2.56 bits per heavy atom. The van der Waals surface area contributed by atoms with Gasteiger partial charge in [0.2, 0.25) is 5.56 Å². The molecule has 2 rings (SSSR count). The zero-order valence-electron chi connectivity index (χ0n) is 10.0. The number of H-pyrrole nitrogens is 1. The summed E-state index contributed by atoms with van der Waals surface area (Å²) >= 11 is 0. The minimum absolute atomic E-state index is 0.0413. The molecule has 1 aromatic carbocycles. The van der Waals surface area contributed by atoms with Crippen molar-refractivity contribution in [1.29, 1.82) is 0 Å². The zero-order chi connectivity index (χ0) is 11.8. The molecule has 0 aliphatic heterocycles. The van der Waals surface area contributed by atoms with E-state index in [1.165, 1.54) is 5.56 Å². The SMILES string of the molecule is CC(C)(C)Cc1cccc2[nH]c(=O)ccc12. The second kappa shape index (κ2) is 3.78. The van der Waals surface area contributed by atoms with Crippen LogP contribution in [0.25, 0.3) is 10.9 Å². The molecular formula is C14H17NO. The maximum absolute atomic E-state index is 11.2. The van der Waals surface area contributed by atoms with Crippen LogP contribution >= 0.6 is 0 Å². The van der Waals surface area contributed by atoms with Crippen molar-refractivity contribution in [2.75, 3.05) is 0 Å². The molecule has 0 aliphatic carbocycles. The van der Waals surface area contributed by atoms with E-state index >= 15 is 0 Å². The van der Waals surface area contributed by atoms with Gasteiger partial charge in [-0.05, 0) is 29.5 Å². The number of hydrogen-bond acceptors (Lipinski definition) is 1. The fraction of sp³-hybridized carbons (Fsp3) is 0.357. The summed E-state index contributed by atoms with van der Waals surface area (Å²) in [5.41, 5.74) is 2.43. The lowest BCUT2D eigenvalue weighted by Crippen LogP contribution is -2.10. The maximum atomic E-state index is 11.2.